The van der Waals surface area contributed by atoms with Crippen LogP contribution in [0.2, 0.25) is 0 Å². The molecule has 0 spiro atoms. The number of aromatic nitrogens is 1. The number of carbonyl (C=O) groups is 1. The standard InChI is InChI=1S/C29H25NO4/c31-27(32)19-33-24-15-7-13-22(17-24)25-16-8-14-23(25)18-26-30-28(20-9-3-1-4-10-20)29(34-26)21-11-5-2-6-12-21/h1-7,9-13,15,17H,8,14,16,18-19H2,(H,31,32). The van der Waals surface area contributed by atoms with Gasteiger partial charge in [0.1, 0.15) is 11.4 Å². The summed E-state index contributed by atoms with van der Waals surface area (Å²) >= 11 is 0. The topological polar surface area (TPSA) is 72.6 Å². The van der Waals surface area contributed by atoms with Crippen molar-refractivity contribution in [3.8, 4) is 28.3 Å². The van der Waals surface area contributed by atoms with Gasteiger partial charge in [0, 0.05) is 17.5 Å². The van der Waals surface area contributed by atoms with Gasteiger partial charge in [-0.25, -0.2) is 9.78 Å². The molecule has 0 atom stereocenters. The molecule has 3 aromatic carbocycles. The van der Waals surface area contributed by atoms with Gasteiger partial charge in [-0.1, -0.05) is 78.4 Å². The molecule has 1 heterocycles. The highest BCUT2D eigenvalue weighted by Crippen LogP contribution is 2.38. The molecule has 0 unspecified atom stereocenters. The van der Waals surface area contributed by atoms with Gasteiger partial charge in [-0.3, -0.25) is 0 Å². The Morgan fingerprint density at radius 2 is 1.59 bits per heavy atom. The molecular weight excluding hydrogens is 426 g/mol. The number of oxazole rings is 1. The van der Waals surface area contributed by atoms with Crippen LogP contribution in [0, 0.1) is 0 Å². The van der Waals surface area contributed by atoms with Crippen molar-refractivity contribution in [1.29, 1.82) is 0 Å². The van der Waals surface area contributed by atoms with Crippen LogP contribution < -0.4 is 4.74 Å². The summed E-state index contributed by atoms with van der Waals surface area (Å²) in [6.45, 7) is -0.351. The van der Waals surface area contributed by atoms with Crippen molar-refractivity contribution in [2.45, 2.75) is 25.7 Å². The Bertz CT molecular complexity index is 1270. The molecule has 1 aromatic heterocycles. The van der Waals surface area contributed by atoms with Crippen LogP contribution in [0.15, 0.2) is 94.9 Å². The Morgan fingerprint density at radius 1 is 0.882 bits per heavy atom. The number of hydrogen-bond acceptors (Lipinski definition) is 4. The second-order valence-corrected chi connectivity index (χ2v) is 8.34. The van der Waals surface area contributed by atoms with E-state index in [0.29, 0.717) is 18.1 Å². The largest absolute Gasteiger partial charge is 0.482 e. The van der Waals surface area contributed by atoms with E-state index in [1.165, 1.54) is 11.1 Å². The van der Waals surface area contributed by atoms with Crippen molar-refractivity contribution in [3.63, 3.8) is 0 Å². The molecule has 34 heavy (non-hydrogen) atoms. The van der Waals surface area contributed by atoms with Gasteiger partial charge in [0.05, 0.1) is 0 Å². The zero-order valence-electron chi connectivity index (χ0n) is 18.7. The summed E-state index contributed by atoms with van der Waals surface area (Å²) < 4.78 is 11.7. The molecule has 4 aromatic rings. The van der Waals surface area contributed by atoms with Crippen molar-refractivity contribution in [2.24, 2.45) is 0 Å². The second-order valence-electron chi connectivity index (χ2n) is 8.34. The van der Waals surface area contributed by atoms with Crippen molar-refractivity contribution in [3.05, 3.63) is 102 Å². The van der Waals surface area contributed by atoms with Crippen LogP contribution in [0.1, 0.15) is 30.7 Å². The summed E-state index contributed by atoms with van der Waals surface area (Å²) in [6, 6.07) is 27.9. The first-order chi connectivity index (χ1) is 16.7. The quantitative estimate of drug-likeness (QED) is 0.325. The number of ether oxygens (including phenoxy) is 1. The van der Waals surface area contributed by atoms with E-state index >= 15 is 0 Å². The maximum absolute atomic E-state index is 10.9. The number of benzene rings is 3. The fourth-order valence-corrected chi connectivity index (χ4v) is 4.47. The molecule has 0 saturated heterocycles. The number of hydrogen-bond donors (Lipinski definition) is 1. The smallest absolute Gasteiger partial charge is 0.341 e. The molecule has 5 nitrogen and oxygen atoms in total. The minimum absolute atomic E-state index is 0.351. The highest BCUT2D eigenvalue weighted by atomic mass is 16.5. The Morgan fingerprint density at radius 3 is 2.32 bits per heavy atom. The molecule has 1 N–H and O–H groups in total. The predicted octanol–water partition coefficient (Wildman–Crippen LogP) is 6.65. The first-order valence-electron chi connectivity index (χ1n) is 11.4. The highest BCUT2D eigenvalue weighted by molar-refractivity contribution is 5.77. The third-order valence-electron chi connectivity index (χ3n) is 6.00. The lowest BCUT2D eigenvalue weighted by Crippen LogP contribution is -2.09. The number of allylic oxidation sites excluding steroid dienone is 2. The van der Waals surface area contributed by atoms with Crippen LogP contribution >= 0.6 is 0 Å². The average molecular weight is 452 g/mol. The maximum Gasteiger partial charge on any atom is 0.341 e. The number of aliphatic carboxylic acids is 1. The molecule has 0 saturated carbocycles. The van der Waals surface area contributed by atoms with Gasteiger partial charge < -0.3 is 14.3 Å². The van der Waals surface area contributed by atoms with Gasteiger partial charge in [0.2, 0.25) is 0 Å². The van der Waals surface area contributed by atoms with Gasteiger partial charge >= 0.3 is 5.97 Å². The molecule has 1 aliphatic rings. The first kappa shape index (κ1) is 21.7. The van der Waals surface area contributed by atoms with E-state index in [-0.39, 0.29) is 6.61 Å². The summed E-state index contributed by atoms with van der Waals surface area (Å²) in [6.07, 6.45) is 3.67. The molecule has 0 radical (unpaired) electrons. The monoisotopic (exact) mass is 451 g/mol. The minimum atomic E-state index is -0.987. The van der Waals surface area contributed by atoms with E-state index in [4.69, 9.17) is 19.2 Å². The molecule has 170 valence electrons. The predicted molar refractivity (Wildman–Crippen MR) is 131 cm³/mol. The van der Waals surface area contributed by atoms with Crippen LogP contribution in [0.3, 0.4) is 0 Å². The summed E-state index contributed by atoms with van der Waals surface area (Å²) in [5.74, 6) is 1.06. The first-order valence-corrected chi connectivity index (χ1v) is 11.4. The molecule has 0 bridgehead atoms. The summed E-state index contributed by atoms with van der Waals surface area (Å²) in [4.78, 5) is 15.8. The van der Waals surface area contributed by atoms with E-state index < -0.39 is 5.97 Å². The molecule has 0 fully saturated rings. The molecular formula is C29H25NO4. The SMILES string of the molecule is O=C(O)COc1cccc(C2=C(Cc3nc(-c4ccccc4)c(-c4ccccc4)o3)CCC2)c1. The fourth-order valence-electron chi connectivity index (χ4n) is 4.47. The van der Waals surface area contributed by atoms with Crippen molar-refractivity contribution < 1.29 is 19.1 Å². The number of carboxylic acid groups (broad SMARTS) is 1. The molecule has 5 rings (SSSR count). The van der Waals surface area contributed by atoms with Gasteiger partial charge in [-0.05, 0) is 42.5 Å². The minimum Gasteiger partial charge on any atom is -0.482 e. The summed E-state index contributed by atoms with van der Waals surface area (Å²) in [5.41, 5.74) is 6.51. The Labute approximate surface area is 198 Å². The van der Waals surface area contributed by atoms with Crippen LogP contribution in [-0.2, 0) is 11.2 Å². The summed E-state index contributed by atoms with van der Waals surface area (Å²) in [5, 5.41) is 8.90. The highest BCUT2D eigenvalue weighted by Gasteiger charge is 2.22. The number of nitrogens with zero attached hydrogens (tertiary/aromatic N) is 1. The van der Waals surface area contributed by atoms with Crippen molar-refractivity contribution >= 4 is 11.5 Å². The van der Waals surface area contributed by atoms with Crippen LogP contribution in [0.4, 0.5) is 0 Å². The van der Waals surface area contributed by atoms with Crippen LogP contribution in [0.25, 0.3) is 28.2 Å². The van der Waals surface area contributed by atoms with E-state index in [2.05, 4.69) is 18.2 Å². The third kappa shape index (κ3) is 4.79. The van der Waals surface area contributed by atoms with E-state index in [1.54, 1.807) is 6.07 Å². The zero-order chi connectivity index (χ0) is 23.3. The van der Waals surface area contributed by atoms with Gasteiger partial charge in [-0.15, -0.1) is 0 Å². The number of carboxylic acids is 1. The lowest BCUT2D eigenvalue weighted by atomic mass is 10.00. The lowest BCUT2D eigenvalue weighted by Gasteiger charge is -2.09. The fraction of sp³-hybridized carbons (Fsp3) is 0.172. The van der Waals surface area contributed by atoms with E-state index in [1.807, 2.05) is 60.7 Å². The normalized spacial score (nSPS) is 13.3. The maximum atomic E-state index is 10.9. The summed E-state index contributed by atoms with van der Waals surface area (Å²) in [7, 11) is 0. The van der Waals surface area contributed by atoms with E-state index in [9.17, 15) is 4.79 Å². The van der Waals surface area contributed by atoms with E-state index in [0.717, 1.165) is 47.4 Å². The number of rotatable bonds is 8. The zero-order valence-corrected chi connectivity index (χ0v) is 18.7. The van der Waals surface area contributed by atoms with Crippen LogP contribution in [-0.4, -0.2) is 22.7 Å². The van der Waals surface area contributed by atoms with Crippen LogP contribution in [0.5, 0.6) is 5.75 Å². The van der Waals surface area contributed by atoms with Crippen molar-refractivity contribution in [1.82, 2.24) is 4.98 Å². The molecule has 0 amide bonds. The van der Waals surface area contributed by atoms with Gasteiger partial charge in [0.25, 0.3) is 0 Å². The average Bonchev–Trinajstić information content (AvgIpc) is 3.52. The Kier molecular flexibility index (Phi) is 6.25. The molecule has 0 aliphatic heterocycles. The lowest BCUT2D eigenvalue weighted by molar-refractivity contribution is -0.139. The van der Waals surface area contributed by atoms with Crippen molar-refractivity contribution in [2.75, 3.05) is 6.61 Å². The Hall–Kier alpha value is -4.12. The molecule has 5 heteroatoms. The molecule has 1 aliphatic carbocycles. The Balaban J connectivity index is 1.48. The second kappa shape index (κ2) is 9.79. The third-order valence-corrected chi connectivity index (χ3v) is 6.00. The van der Waals surface area contributed by atoms with Gasteiger partial charge in [-0.2, -0.15) is 0 Å². The van der Waals surface area contributed by atoms with Gasteiger partial charge in [0.15, 0.2) is 18.3 Å².